The summed E-state index contributed by atoms with van der Waals surface area (Å²) < 4.78 is 5.36. The fourth-order valence-electron chi connectivity index (χ4n) is 3.24. The van der Waals surface area contributed by atoms with E-state index in [0.29, 0.717) is 18.0 Å². The summed E-state index contributed by atoms with van der Waals surface area (Å²) in [6.07, 6.45) is 2.28. The van der Waals surface area contributed by atoms with Crippen molar-refractivity contribution in [2.75, 3.05) is 19.6 Å². The van der Waals surface area contributed by atoms with E-state index in [-0.39, 0.29) is 23.8 Å². The Morgan fingerprint density at radius 3 is 2.80 bits per heavy atom. The Labute approximate surface area is 146 Å². The van der Waals surface area contributed by atoms with Crippen LogP contribution in [0, 0.1) is 0 Å². The van der Waals surface area contributed by atoms with Gasteiger partial charge < -0.3 is 30.7 Å². The van der Waals surface area contributed by atoms with Crippen LogP contribution in [0.5, 0.6) is 5.75 Å². The van der Waals surface area contributed by atoms with E-state index in [1.807, 2.05) is 0 Å². The van der Waals surface area contributed by atoms with E-state index in [9.17, 15) is 19.7 Å². The number of carbonyl (C=O) groups is 2. The summed E-state index contributed by atoms with van der Waals surface area (Å²) in [5, 5.41) is 28.6. The number of benzene rings is 1. The first-order valence-corrected chi connectivity index (χ1v) is 8.48. The van der Waals surface area contributed by atoms with Crippen molar-refractivity contribution in [3.05, 3.63) is 29.3 Å². The summed E-state index contributed by atoms with van der Waals surface area (Å²) in [5.41, 5.74) is 0.663. The smallest absolute Gasteiger partial charge is 0.534 e. The molecule has 0 aromatic heterocycles. The first-order valence-electron chi connectivity index (χ1n) is 8.48. The van der Waals surface area contributed by atoms with E-state index in [1.165, 1.54) is 6.07 Å². The first-order chi connectivity index (χ1) is 12.0. The lowest BCUT2D eigenvalue weighted by molar-refractivity contribution is -0.120. The quantitative estimate of drug-likeness (QED) is 0.441. The molecule has 8 nitrogen and oxygen atoms in total. The molecule has 2 heterocycles. The lowest BCUT2D eigenvalue weighted by Crippen LogP contribution is -2.55. The lowest BCUT2D eigenvalue weighted by atomic mass is 9.72. The monoisotopic (exact) mass is 347 g/mol. The Kier molecular flexibility index (Phi) is 5.57. The SMILES string of the molecule is O=C(CNC1CCNCC1)N[C@H]1Cc2cccc(C(=O)O)c2OB1O. The van der Waals surface area contributed by atoms with Gasteiger partial charge in [0.05, 0.1) is 18.0 Å². The van der Waals surface area contributed by atoms with Crippen LogP contribution >= 0.6 is 0 Å². The Morgan fingerprint density at radius 2 is 2.08 bits per heavy atom. The third-order valence-electron chi connectivity index (χ3n) is 4.59. The summed E-state index contributed by atoms with van der Waals surface area (Å²) in [5.74, 6) is -1.78. The Bertz CT molecular complexity index is 651. The Morgan fingerprint density at radius 1 is 1.32 bits per heavy atom. The van der Waals surface area contributed by atoms with Crippen molar-refractivity contribution < 1.29 is 24.4 Å². The van der Waals surface area contributed by atoms with Crippen molar-refractivity contribution in [3.63, 3.8) is 0 Å². The van der Waals surface area contributed by atoms with Gasteiger partial charge in [-0.3, -0.25) is 4.79 Å². The molecule has 134 valence electrons. The maximum atomic E-state index is 12.1. The second-order valence-electron chi connectivity index (χ2n) is 6.39. The molecule has 1 fully saturated rings. The number of amides is 1. The third-order valence-corrected chi connectivity index (χ3v) is 4.59. The maximum Gasteiger partial charge on any atom is 0.547 e. The van der Waals surface area contributed by atoms with Crippen molar-refractivity contribution >= 4 is 19.0 Å². The molecular weight excluding hydrogens is 325 g/mol. The van der Waals surface area contributed by atoms with Crippen molar-refractivity contribution in [2.24, 2.45) is 0 Å². The van der Waals surface area contributed by atoms with E-state index in [1.54, 1.807) is 12.1 Å². The molecule has 0 unspecified atom stereocenters. The van der Waals surface area contributed by atoms with Gasteiger partial charge in [-0.25, -0.2) is 4.79 Å². The van der Waals surface area contributed by atoms with Gasteiger partial charge in [-0.2, -0.15) is 0 Å². The zero-order chi connectivity index (χ0) is 17.8. The number of aromatic carboxylic acids is 1. The standard InChI is InChI=1S/C16H22BN3O5/c21-14(9-19-11-4-6-18-7-5-11)20-13-8-10-2-1-3-12(16(22)23)15(10)25-17(13)24/h1-3,11,13,18-19,24H,4-9H2,(H,20,21)(H,22,23)/t13-/m0/s1. The number of nitrogens with one attached hydrogen (secondary N) is 3. The molecule has 1 saturated heterocycles. The molecule has 1 amide bonds. The zero-order valence-corrected chi connectivity index (χ0v) is 13.8. The normalized spacial score (nSPS) is 20.5. The molecule has 9 heteroatoms. The van der Waals surface area contributed by atoms with Crippen LogP contribution in [0.15, 0.2) is 18.2 Å². The fourth-order valence-corrected chi connectivity index (χ4v) is 3.24. The van der Waals surface area contributed by atoms with Crippen LogP contribution in [0.1, 0.15) is 28.8 Å². The van der Waals surface area contributed by atoms with Crippen molar-refractivity contribution in [2.45, 2.75) is 31.2 Å². The summed E-state index contributed by atoms with van der Waals surface area (Å²) in [6, 6.07) is 5.11. The number of rotatable bonds is 5. The average molecular weight is 347 g/mol. The molecule has 0 radical (unpaired) electrons. The summed E-state index contributed by atoms with van der Waals surface area (Å²) >= 11 is 0. The number of carboxylic acid groups (broad SMARTS) is 1. The minimum absolute atomic E-state index is 0.00824. The number of para-hydroxylation sites is 1. The molecule has 2 aliphatic rings. The topological polar surface area (TPSA) is 120 Å². The molecule has 25 heavy (non-hydrogen) atoms. The predicted octanol–water partition coefficient (Wildman–Crippen LogP) is -0.834. The van der Waals surface area contributed by atoms with Crippen LogP contribution in [0.4, 0.5) is 0 Å². The number of piperidine rings is 1. The van der Waals surface area contributed by atoms with Gasteiger partial charge in [0.2, 0.25) is 5.91 Å². The molecular formula is C16H22BN3O5. The lowest BCUT2D eigenvalue weighted by Gasteiger charge is -2.29. The summed E-state index contributed by atoms with van der Waals surface area (Å²) in [6.45, 7) is 2.06. The van der Waals surface area contributed by atoms with Gasteiger partial charge in [0.15, 0.2) is 0 Å². The van der Waals surface area contributed by atoms with Crippen LogP contribution in [-0.4, -0.2) is 60.7 Å². The first kappa shape index (κ1) is 17.7. The van der Waals surface area contributed by atoms with Crippen LogP contribution in [0.2, 0.25) is 0 Å². The molecule has 1 aromatic carbocycles. The predicted molar refractivity (Wildman–Crippen MR) is 91.5 cm³/mol. The van der Waals surface area contributed by atoms with Gasteiger partial charge in [-0.05, 0) is 44.0 Å². The van der Waals surface area contributed by atoms with Gasteiger partial charge in [0, 0.05) is 6.04 Å². The van der Waals surface area contributed by atoms with Gasteiger partial charge in [-0.1, -0.05) is 12.1 Å². The van der Waals surface area contributed by atoms with Crippen LogP contribution < -0.4 is 20.6 Å². The van der Waals surface area contributed by atoms with Crippen molar-refractivity contribution in [1.29, 1.82) is 0 Å². The van der Waals surface area contributed by atoms with Gasteiger partial charge in [0.1, 0.15) is 5.75 Å². The second-order valence-corrected chi connectivity index (χ2v) is 6.39. The van der Waals surface area contributed by atoms with Crippen molar-refractivity contribution in [1.82, 2.24) is 16.0 Å². The highest BCUT2D eigenvalue weighted by molar-refractivity contribution is 6.47. The van der Waals surface area contributed by atoms with E-state index in [4.69, 9.17) is 4.65 Å². The Balaban J connectivity index is 1.57. The highest BCUT2D eigenvalue weighted by Crippen LogP contribution is 2.30. The third kappa shape index (κ3) is 4.30. The van der Waals surface area contributed by atoms with E-state index in [2.05, 4.69) is 16.0 Å². The fraction of sp³-hybridized carbons (Fsp3) is 0.500. The van der Waals surface area contributed by atoms with Crippen molar-refractivity contribution in [3.8, 4) is 5.75 Å². The minimum atomic E-state index is -1.28. The molecule has 0 bridgehead atoms. The molecule has 3 rings (SSSR count). The molecule has 0 spiro atoms. The summed E-state index contributed by atoms with van der Waals surface area (Å²) in [4.78, 5) is 23.4. The molecule has 2 aliphatic heterocycles. The molecule has 5 N–H and O–H groups in total. The molecule has 1 aromatic rings. The van der Waals surface area contributed by atoms with Crippen LogP contribution in [-0.2, 0) is 11.2 Å². The van der Waals surface area contributed by atoms with Gasteiger partial charge >= 0.3 is 13.1 Å². The molecule has 0 saturated carbocycles. The summed E-state index contributed by atoms with van der Waals surface area (Å²) in [7, 11) is -1.28. The highest BCUT2D eigenvalue weighted by Gasteiger charge is 2.37. The second kappa shape index (κ2) is 7.86. The van der Waals surface area contributed by atoms with Crippen LogP contribution in [0.3, 0.4) is 0 Å². The highest BCUT2D eigenvalue weighted by atomic mass is 16.5. The molecule has 1 atom stereocenters. The van der Waals surface area contributed by atoms with E-state index in [0.717, 1.165) is 25.9 Å². The Hall–Kier alpha value is -2.10. The van der Waals surface area contributed by atoms with Crippen LogP contribution in [0.25, 0.3) is 0 Å². The number of carboxylic acids is 1. The number of hydrogen-bond acceptors (Lipinski definition) is 6. The minimum Gasteiger partial charge on any atom is -0.534 e. The number of fused-ring (bicyclic) bond motifs is 1. The molecule has 0 aliphatic carbocycles. The number of hydrogen-bond donors (Lipinski definition) is 5. The average Bonchev–Trinajstić information content (AvgIpc) is 2.61. The van der Waals surface area contributed by atoms with E-state index >= 15 is 0 Å². The zero-order valence-electron chi connectivity index (χ0n) is 13.8. The van der Waals surface area contributed by atoms with Gasteiger partial charge in [0.25, 0.3) is 0 Å². The maximum absolute atomic E-state index is 12.1. The van der Waals surface area contributed by atoms with Gasteiger partial charge in [-0.15, -0.1) is 0 Å². The largest absolute Gasteiger partial charge is 0.547 e. The van der Waals surface area contributed by atoms with E-state index < -0.39 is 19.0 Å². The number of carbonyl (C=O) groups excluding carboxylic acids is 1.